The summed E-state index contributed by atoms with van der Waals surface area (Å²) in [5.41, 5.74) is 0. The van der Waals surface area contributed by atoms with E-state index in [1.54, 1.807) is 9.80 Å². The monoisotopic (exact) mass is 329 g/mol. The molecule has 0 aromatic carbocycles. The number of rotatable bonds is 2. The molecule has 3 aliphatic rings. The summed E-state index contributed by atoms with van der Waals surface area (Å²) in [5, 5.41) is 0. The van der Waals surface area contributed by atoms with Gasteiger partial charge in [0.05, 0.1) is 0 Å². The number of carbonyl (C=O) groups excluding carboxylic acids is 2. The third-order valence-electron chi connectivity index (χ3n) is 5.07. The first-order valence-electron chi connectivity index (χ1n) is 8.88. The molecular formula is C17H23N5O2. The molecule has 0 radical (unpaired) electrons. The lowest BCUT2D eigenvalue weighted by Crippen LogP contribution is -2.53. The molecule has 0 bridgehead atoms. The standard InChI is InChI=1S/C17H23N5O2/c23-16(21-7-1-2-8-21)17(24)22-11-9-20(10-12-22)14-5-6-18-15(19-14)13-3-4-13/h5-6,13H,1-4,7-12H2. The van der Waals surface area contributed by atoms with E-state index in [1.807, 2.05) is 12.3 Å². The molecule has 3 fully saturated rings. The number of nitrogens with zero attached hydrogens (tertiary/aromatic N) is 5. The van der Waals surface area contributed by atoms with Crippen LogP contribution in [-0.4, -0.2) is 70.9 Å². The van der Waals surface area contributed by atoms with Gasteiger partial charge in [-0.25, -0.2) is 9.97 Å². The van der Waals surface area contributed by atoms with Gasteiger partial charge in [-0.3, -0.25) is 9.59 Å². The normalized spacial score (nSPS) is 21.2. The Bertz CT molecular complexity index is 632. The van der Waals surface area contributed by atoms with Crippen LogP contribution in [0.4, 0.5) is 5.82 Å². The molecule has 7 heteroatoms. The van der Waals surface area contributed by atoms with Crippen LogP contribution in [0.15, 0.2) is 12.3 Å². The first-order chi connectivity index (χ1) is 11.7. The van der Waals surface area contributed by atoms with Gasteiger partial charge in [-0.15, -0.1) is 0 Å². The number of piperazine rings is 1. The minimum atomic E-state index is -0.349. The van der Waals surface area contributed by atoms with Crippen molar-refractivity contribution in [3.05, 3.63) is 18.1 Å². The first kappa shape index (κ1) is 15.4. The van der Waals surface area contributed by atoms with E-state index in [2.05, 4.69) is 14.9 Å². The van der Waals surface area contributed by atoms with Gasteiger partial charge < -0.3 is 14.7 Å². The highest BCUT2D eigenvalue weighted by Gasteiger charge is 2.31. The lowest BCUT2D eigenvalue weighted by Gasteiger charge is -2.35. The van der Waals surface area contributed by atoms with Gasteiger partial charge in [0, 0.05) is 51.4 Å². The predicted molar refractivity (Wildman–Crippen MR) is 88.6 cm³/mol. The van der Waals surface area contributed by atoms with E-state index in [1.165, 1.54) is 12.8 Å². The molecule has 2 amide bonds. The molecule has 24 heavy (non-hydrogen) atoms. The molecule has 3 heterocycles. The van der Waals surface area contributed by atoms with E-state index in [4.69, 9.17) is 0 Å². The largest absolute Gasteiger partial charge is 0.353 e. The Morgan fingerprint density at radius 1 is 0.917 bits per heavy atom. The van der Waals surface area contributed by atoms with Crippen LogP contribution in [0.5, 0.6) is 0 Å². The number of carbonyl (C=O) groups is 2. The third-order valence-corrected chi connectivity index (χ3v) is 5.07. The maximum atomic E-state index is 12.4. The third kappa shape index (κ3) is 3.07. The number of likely N-dealkylation sites (tertiary alicyclic amines) is 1. The maximum absolute atomic E-state index is 12.4. The second-order valence-corrected chi connectivity index (χ2v) is 6.83. The zero-order chi connectivity index (χ0) is 16.5. The van der Waals surface area contributed by atoms with E-state index in [0.717, 1.165) is 37.6 Å². The van der Waals surface area contributed by atoms with Gasteiger partial charge in [0.1, 0.15) is 11.6 Å². The van der Waals surface area contributed by atoms with Gasteiger partial charge in [-0.1, -0.05) is 0 Å². The van der Waals surface area contributed by atoms with Crippen molar-refractivity contribution in [1.82, 2.24) is 19.8 Å². The summed E-state index contributed by atoms with van der Waals surface area (Å²) in [5.74, 6) is 1.72. The SMILES string of the molecule is O=C(C(=O)N1CCN(c2ccnc(C3CC3)n2)CC1)N1CCCC1. The van der Waals surface area contributed by atoms with Crippen LogP contribution >= 0.6 is 0 Å². The summed E-state index contributed by atoms with van der Waals surface area (Å²) in [6.45, 7) is 3.99. The van der Waals surface area contributed by atoms with Crippen molar-refractivity contribution in [2.45, 2.75) is 31.6 Å². The molecule has 1 aliphatic carbocycles. The molecule has 1 aromatic rings. The minimum absolute atomic E-state index is 0.334. The van der Waals surface area contributed by atoms with Crippen LogP contribution in [0.3, 0.4) is 0 Å². The van der Waals surface area contributed by atoms with E-state index < -0.39 is 0 Å². The highest BCUT2D eigenvalue weighted by atomic mass is 16.2. The molecule has 1 saturated carbocycles. The van der Waals surface area contributed by atoms with Crippen molar-refractivity contribution >= 4 is 17.6 Å². The molecule has 0 unspecified atom stereocenters. The first-order valence-corrected chi connectivity index (χ1v) is 8.88. The molecule has 0 spiro atoms. The van der Waals surface area contributed by atoms with Gasteiger partial charge in [-0.2, -0.15) is 0 Å². The van der Waals surface area contributed by atoms with Crippen molar-refractivity contribution < 1.29 is 9.59 Å². The smallest absolute Gasteiger partial charge is 0.312 e. The average molecular weight is 329 g/mol. The van der Waals surface area contributed by atoms with Crippen LogP contribution in [0.25, 0.3) is 0 Å². The van der Waals surface area contributed by atoms with Gasteiger partial charge in [0.15, 0.2) is 0 Å². The van der Waals surface area contributed by atoms with Crippen molar-refractivity contribution in [2.24, 2.45) is 0 Å². The van der Waals surface area contributed by atoms with Crippen LogP contribution in [0, 0.1) is 0 Å². The number of aromatic nitrogens is 2. The van der Waals surface area contributed by atoms with Crippen LogP contribution < -0.4 is 4.90 Å². The Kier molecular flexibility index (Phi) is 4.08. The topological polar surface area (TPSA) is 69.6 Å². The van der Waals surface area contributed by atoms with Crippen LogP contribution in [0.1, 0.15) is 37.4 Å². The van der Waals surface area contributed by atoms with Gasteiger partial charge >= 0.3 is 11.8 Å². The quantitative estimate of drug-likeness (QED) is 0.744. The fourth-order valence-corrected chi connectivity index (χ4v) is 3.41. The Morgan fingerprint density at radius 3 is 2.17 bits per heavy atom. The molecule has 1 aromatic heterocycles. The zero-order valence-electron chi connectivity index (χ0n) is 13.9. The molecule has 2 aliphatic heterocycles. The van der Waals surface area contributed by atoms with Gasteiger partial charge in [0.25, 0.3) is 0 Å². The lowest BCUT2D eigenvalue weighted by atomic mass is 10.3. The van der Waals surface area contributed by atoms with Crippen LogP contribution in [-0.2, 0) is 9.59 Å². The molecule has 2 saturated heterocycles. The Morgan fingerprint density at radius 2 is 1.54 bits per heavy atom. The number of hydrogen-bond donors (Lipinski definition) is 0. The number of anilines is 1. The summed E-state index contributed by atoms with van der Waals surface area (Å²) in [6.07, 6.45) is 6.20. The highest BCUT2D eigenvalue weighted by molar-refractivity contribution is 6.35. The van der Waals surface area contributed by atoms with Crippen LogP contribution in [0.2, 0.25) is 0 Å². The van der Waals surface area contributed by atoms with Crippen molar-refractivity contribution in [2.75, 3.05) is 44.2 Å². The summed E-state index contributed by atoms with van der Waals surface area (Å²) in [7, 11) is 0. The summed E-state index contributed by atoms with van der Waals surface area (Å²) in [4.78, 5) is 39.2. The minimum Gasteiger partial charge on any atom is -0.353 e. The van der Waals surface area contributed by atoms with Crippen molar-refractivity contribution in [1.29, 1.82) is 0 Å². The second-order valence-electron chi connectivity index (χ2n) is 6.83. The molecule has 7 nitrogen and oxygen atoms in total. The number of amides is 2. The molecule has 128 valence electrons. The van der Waals surface area contributed by atoms with Gasteiger partial charge in [0.2, 0.25) is 0 Å². The summed E-state index contributed by atoms with van der Waals surface area (Å²) < 4.78 is 0. The number of hydrogen-bond acceptors (Lipinski definition) is 5. The Hall–Kier alpha value is -2.18. The second kappa shape index (κ2) is 6.37. The molecular weight excluding hydrogens is 306 g/mol. The molecule has 4 rings (SSSR count). The van der Waals surface area contributed by atoms with E-state index in [0.29, 0.717) is 32.1 Å². The molecule has 0 N–H and O–H groups in total. The van der Waals surface area contributed by atoms with Crippen molar-refractivity contribution in [3.8, 4) is 0 Å². The highest BCUT2D eigenvalue weighted by Crippen LogP contribution is 2.38. The zero-order valence-corrected chi connectivity index (χ0v) is 13.9. The van der Waals surface area contributed by atoms with E-state index >= 15 is 0 Å². The van der Waals surface area contributed by atoms with Gasteiger partial charge in [-0.05, 0) is 31.7 Å². The molecule has 0 atom stereocenters. The predicted octanol–water partition coefficient (Wildman–Crippen LogP) is 0.625. The van der Waals surface area contributed by atoms with E-state index in [-0.39, 0.29) is 11.8 Å². The van der Waals surface area contributed by atoms with E-state index in [9.17, 15) is 9.59 Å². The Balaban J connectivity index is 1.35. The average Bonchev–Trinajstić information content (AvgIpc) is 3.35. The lowest BCUT2D eigenvalue weighted by molar-refractivity contribution is -0.151. The maximum Gasteiger partial charge on any atom is 0.312 e. The summed E-state index contributed by atoms with van der Waals surface area (Å²) in [6, 6.07) is 1.93. The fraction of sp³-hybridized carbons (Fsp3) is 0.647. The fourth-order valence-electron chi connectivity index (χ4n) is 3.41. The van der Waals surface area contributed by atoms with Crippen molar-refractivity contribution in [3.63, 3.8) is 0 Å². The summed E-state index contributed by atoms with van der Waals surface area (Å²) >= 11 is 0. The Labute approximate surface area is 141 Å².